The number of aryl methyl sites for hydroxylation is 1. The van der Waals surface area contributed by atoms with Crippen molar-refractivity contribution in [3.05, 3.63) is 46.1 Å². The molecule has 3 rings (SSSR count). The molecular formula is C16H12O6. The van der Waals surface area contributed by atoms with Gasteiger partial charge in [-0.05, 0) is 24.6 Å². The lowest BCUT2D eigenvalue weighted by molar-refractivity contribution is -0.139. The molecule has 6 nitrogen and oxygen atoms in total. The maximum atomic E-state index is 12.4. The van der Waals surface area contributed by atoms with Crippen molar-refractivity contribution in [3.8, 4) is 11.5 Å². The summed E-state index contributed by atoms with van der Waals surface area (Å²) in [5.41, 5.74) is 1.12. The van der Waals surface area contributed by atoms with E-state index in [1.807, 2.05) is 6.92 Å². The lowest BCUT2D eigenvalue weighted by Crippen LogP contribution is -2.09. The number of rotatable bonds is 3. The predicted molar refractivity (Wildman–Crippen MR) is 79.5 cm³/mol. The zero-order chi connectivity index (χ0) is 15.9. The van der Waals surface area contributed by atoms with Gasteiger partial charge < -0.3 is 19.4 Å². The number of hydrogen-bond acceptors (Lipinski definition) is 5. The maximum absolute atomic E-state index is 12.4. The van der Waals surface area contributed by atoms with Crippen LogP contribution in [0.5, 0.6) is 11.5 Å². The maximum Gasteiger partial charge on any atom is 0.341 e. The van der Waals surface area contributed by atoms with Crippen LogP contribution in [0.3, 0.4) is 0 Å². The Hall–Kier alpha value is -3.02. The van der Waals surface area contributed by atoms with Gasteiger partial charge in [-0.15, -0.1) is 0 Å². The molecule has 22 heavy (non-hydrogen) atoms. The summed E-state index contributed by atoms with van der Waals surface area (Å²) >= 11 is 0. The lowest BCUT2D eigenvalue weighted by atomic mass is 10.1. The number of phenolic OH excluding ortho intramolecular Hbond substituents is 1. The van der Waals surface area contributed by atoms with Crippen LogP contribution in [0, 0.1) is 6.92 Å². The monoisotopic (exact) mass is 300 g/mol. The first-order valence-electron chi connectivity index (χ1n) is 6.50. The van der Waals surface area contributed by atoms with Gasteiger partial charge in [0.25, 0.3) is 0 Å². The third-order valence-corrected chi connectivity index (χ3v) is 3.25. The van der Waals surface area contributed by atoms with Crippen molar-refractivity contribution in [1.29, 1.82) is 0 Å². The molecule has 0 amide bonds. The second kappa shape index (κ2) is 5.07. The molecule has 0 fully saturated rings. The molecule has 0 bridgehead atoms. The molecule has 3 aromatic rings. The smallest absolute Gasteiger partial charge is 0.341 e. The highest BCUT2D eigenvalue weighted by atomic mass is 16.5. The van der Waals surface area contributed by atoms with Crippen molar-refractivity contribution in [2.45, 2.75) is 6.92 Å². The fraction of sp³-hybridized carbons (Fsp3) is 0.125. The molecule has 0 aliphatic carbocycles. The lowest BCUT2D eigenvalue weighted by Gasteiger charge is -2.07. The van der Waals surface area contributed by atoms with E-state index in [1.54, 1.807) is 18.2 Å². The van der Waals surface area contributed by atoms with Crippen molar-refractivity contribution in [2.24, 2.45) is 0 Å². The molecule has 1 aromatic heterocycles. The number of carbonyl (C=O) groups is 1. The third-order valence-electron chi connectivity index (χ3n) is 3.25. The Balaban J connectivity index is 2.26. The minimum absolute atomic E-state index is 0.0408. The molecule has 112 valence electrons. The normalized spacial score (nSPS) is 11.0. The minimum Gasteiger partial charge on any atom is -0.507 e. The van der Waals surface area contributed by atoms with Crippen molar-refractivity contribution < 1.29 is 24.2 Å². The first kappa shape index (κ1) is 13.9. The second-order valence-electron chi connectivity index (χ2n) is 4.93. The van der Waals surface area contributed by atoms with Gasteiger partial charge in [0.2, 0.25) is 5.43 Å². The molecule has 0 atom stereocenters. The SMILES string of the molecule is Cc1ccc2c(=O)c3c(O)cc(OCC(=O)O)cc3oc2c1. The Bertz CT molecular complexity index is 954. The zero-order valence-corrected chi connectivity index (χ0v) is 11.6. The second-order valence-corrected chi connectivity index (χ2v) is 4.93. The Morgan fingerprint density at radius 3 is 2.73 bits per heavy atom. The average Bonchev–Trinajstić information content (AvgIpc) is 2.44. The molecular weight excluding hydrogens is 288 g/mol. The molecule has 0 unspecified atom stereocenters. The van der Waals surface area contributed by atoms with Gasteiger partial charge in [-0.2, -0.15) is 0 Å². The molecule has 0 spiro atoms. The summed E-state index contributed by atoms with van der Waals surface area (Å²) in [5.74, 6) is -1.34. The van der Waals surface area contributed by atoms with Crippen LogP contribution in [0.25, 0.3) is 21.9 Å². The van der Waals surface area contributed by atoms with Gasteiger partial charge >= 0.3 is 5.97 Å². The summed E-state index contributed by atoms with van der Waals surface area (Å²) in [6.07, 6.45) is 0. The fourth-order valence-corrected chi connectivity index (χ4v) is 2.27. The highest BCUT2D eigenvalue weighted by molar-refractivity contribution is 5.94. The quantitative estimate of drug-likeness (QED) is 0.721. The van der Waals surface area contributed by atoms with Crippen molar-refractivity contribution >= 4 is 27.9 Å². The first-order chi connectivity index (χ1) is 10.5. The number of carboxylic acid groups (broad SMARTS) is 1. The summed E-state index contributed by atoms with van der Waals surface area (Å²) in [4.78, 5) is 23.0. The van der Waals surface area contributed by atoms with Crippen LogP contribution in [-0.2, 0) is 4.79 Å². The fourth-order valence-electron chi connectivity index (χ4n) is 2.27. The van der Waals surface area contributed by atoms with Gasteiger partial charge in [0.1, 0.15) is 28.1 Å². The number of aromatic hydroxyl groups is 1. The highest BCUT2D eigenvalue weighted by Gasteiger charge is 2.14. The summed E-state index contributed by atoms with van der Waals surface area (Å²) < 4.78 is 10.7. The van der Waals surface area contributed by atoms with Gasteiger partial charge in [-0.25, -0.2) is 4.79 Å². The van der Waals surface area contributed by atoms with Gasteiger partial charge in [0.15, 0.2) is 6.61 Å². The largest absolute Gasteiger partial charge is 0.507 e. The summed E-state index contributed by atoms with van der Waals surface area (Å²) in [7, 11) is 0. The number of fused-ring (bicyclic) bond motifs is 2. The van der Waals surface area contributed by atoms with Crippen LogP contribution in [0.15, 0.2) is 39.5 Å². The van der Waals surface area contributed by atoms with Crippen LogP contribution >= 0.6 is 0 Å². The predicted octanol–water partition coefficient (Wildman–Crippen LogP) is 2.42. The van der Waals surface area contributed by atoms with Gasteiger partial charge in [-0.3, -0.25) is 4.79 Å². The van der Waals surface area contributed by atoms with Crippen molar-refractivity contribution in [2.75, 3.05) is 6.61 Å². The van der Waals surface area contributed by atoms with E-state index < -0.39 is 12.6 Å². The van der Waals surface area contributed by atoms with E-state index in [2.05, 4.69) is 0 Å². The number of benzene rings is 2. The number of aliphatic carboxylic acids is 1. The highest BCUT2D eigenvalue weighted by Crippen LogP contribution is 2.30. The molecule has 0 aliphatic rings. The van der Waals surface area contributed by atoms with E-state index in [1.165, 1.54) is 12.1 Å². The first-order valence-corrected chi connectivity index (χ1v) is 6.50. The van der Waals surface area contributed by atoms with E-state index in [0.717, 1.165) is 5.56 Å². The molecule has 0 radical (unpaired) electrons. The molecule has 0 aliphatic heterocycles. The van der Waals surface area contributed by atoms with Crippen molar-refractivity contribution in [1.82, 2.24) is 0 Å². The van der Waals surface area contributed by atoms with E-state index in [9.17, 15) is 14.7 Å². The van der Waals surface area contributed by atoms with E-state index in [4.69, 9.17) is 14.3 Å². The van der Waals surface area contributed by atoms with Gasteiger partial charge in [0.05, 0.1) is 5.39 Å². The third kappa shape index (κ3) is 2.35. The Morgan fingerprint density at radius 1 is 1.23 bits per heavy atom. The molecule has 0 saturated carbocycles. The Labute approximate surface area is 124 Å². The number of phenols is 1. The van der Waals surface area contributed by atoms with Gasteiger partial charge in [-0.1, -0.05) is 6.07 Å². The average molecular weight is 300 g/mol. The summed E-state index contributed by atoms with van der Waals surface area (Å²) in [5, 5.41) is 19.0. The molecule has 1 heterocycles. The Morgan fingerprint density at radius 2 is 2.00 bits per heavy atom. The minimum atomic E-state index is -1.14. The molecule has 2 aromatic carbocycles. The molecule has 6 heteroatoms. The molecule has 0 saturated heterocycles. The standard InChI is InChI=1S/C16H12O6/c1-8-2-3-10-12(4-8)22-13-6-9(21-7-14(18)19)5-11(17)15(13)16(10)20/h2-6,17H,7H2,1H3,(H,18,19). The van der Waals surface area contributed by atoms with Crippen LogP contribution in [0.2, 0.25) is 0 Å². The van der Waals surface area contributed by atoms with Crippen LogP contribution in [0.1, 0.15) is 5.56 Å². The number of carboxylic acids is 1. The summed E-state index contributed by atoms with van der Waals surface area (Å²) in [6, 6.07) is 7.73. The number of hydrogen-bond donors (Lipinski definition) is 2. The van der Waals surface area contributed by atoms with E-state index in [0.29, 0.717) is 11.0 Å². The topological polar surface area (TPSA) is 97.0 Å². The number of ether oxygens (including phenoxy) is 1. The van der Waals surface area contributed by atoms with Gasteiger partial charge in [0, 0.05) is 12.1 Å². The molecule has 2 N–H and O–H groups in total. The van der Waals surface area contributed by atoms with Crippen LogP contribution in [0.4, 0.5) is 0 Å². The Kier molecular flexibility index (Phi) is 3.21. The van der Waals surface area contributed by atoms with Crippen LogP contribution in [-0.4, -0.2) is 22.8 Å². The zero-order valence-electron chi connectivity index (χ0n) is 11.6. The van der Waals surface area contributed by atoms with Crippen molar-refractivity contribution in [3.63, 3.8) is 0 Å². The van der Waals surface area contributed by atoms with E-state index >= 15 is 0 Å². The van der Waals surface area contributed by atoms with E-state index in [-0.39, 0.29) is 27.9 Å². The summed E-state index contributed by atoms with van der Waals surface area (Å²) in [6.45, 7) is 1.31. The van der Waals surface area contributed by atoms with Crippen LogP contribution < -0.4 is 10.2 Å².